The molecule has 5 nitrogen and oxygen atoms in total. The van der Waals surface area contributed by atoms with Crippen molar-refractivity contribution in [2.45, 2.75) is 38.9 Å². The fraction of sp³-hybridized carbons (Fsp3) is 0.316. The molecular weight excluding hydrogens is 304 g/mol. The molecule has 0 aliphatic carbocycles. The van der Waals surface area contributed by atoms with Crippen LogP contribution < -0.4 is 0 Å². The molecule has 0 N–H and O–H groups in total. The van der Waals surface area contributed by atoms with E-state index >= 15 is 0 Å². The quantitative estimate of drug-likeness (QED) is 0.626. The van der Waals surface area contributed by atoms with E-state index in [2.05, 4.69) is 6.07 Å². The molecule has 2 rings (SSSR count). The van der Waals surface area contributed by atoms with Gasteiger partial charge in [0.05, 0.1) is 11.6 Å². The van der Waals surface area contributed by atoms with Crippen molar-refractivity contribution in [3.63, 3.8) is 0 Å². The lowest BCUT2D eigenvalue weighted by Crippen LogP contribution is -2.33. The normalized spacial score (nSPS) is 17.8. The highest BCUT2D eigenvalue weighted by atomic mass is 16.6. The van der Waals surface area contributed by atoms with E-state index in [9.17, 15) is 10.1 Å². The van der Waals surface area contributed by atoms with Gasteiger partial charge in [0.1, 0.15) is 17.2 Å². The van der Waals surface area contributed by atoms with Gasteiger partial charge in [0.2, 0.25) is 0 Å². The number of nitriles is 2. The molecule has 24 heavy (non-hydrogen) atoms. The van der Waals surface area contributed by atoms with Crippen LogP contribution in [0, 0.1) is 22.7 Å². The zero-order chi connectivity index (χ0) is 18.0. The highest BCUT2D eigenvalue weighted by Gasteiger charge is 2.45. The Bertz CT molecular complexity index is 803. The molecule has 1 aliphatic rings. The molecule has 0 radical (unpaired) electrons. The lowest BCUT2D eigenvalue weighted by Gasteiger charge is -2.29. The Morgan fingerprint density at radius 2 is 1.88 bits per heavy atom. The molecule has 0 spiro atoms. The number of ether oxygens (including phenoxy) is 2. The van der Waals surface area contributed by atoms with Gasteiger partial charge in [-0.3, -0.25) is 0 Å². The number of hydrogen-bond acceptors (Lipinski definition) is 5. The predicted octanol–water partition coefficient (Wildman–Crippen LogP) is 3.66. The van der Waals surface area contributed by atoms with Gasteiger partial charge in [-0.15, -0.1) is 0 Å². The summed E-state index contributed by atoms with van der Waals surface area (Å²) in [6.45, 7) is 6.84. The van der Waals surface area contributed by atoms with Crippen LogP contribution in [0.3, 0.4) is 0 Å². The Morgan fingerprint density at radius 1 is 1.25 bits per heavy atom. The van der Waals surface area contributed by atoms with E-state index < -0.39 is 17.2 Å². The third kappa shape index (κ3) is 3.16. The molecule has 0 saturated heterocycles. The monoisotopic (exact) mass is 322 g/mol. The van der Waals surface area contributed by atoms with Gasteiger partial charge >= 0.3 is 5.97 Å². The molecule has 1 aromatic rings. The van der Waals surface area contributed by atoms with Gasteiger partial charge in [0.15, 0.2) is 11.4 Å². The van der Waals surface area contributed by atoms with Crippen molar-refractivity contribution in [3.05, 3.63) is 58.9 Å². The number of carbonyl (C=O) groups excluding carboxylic acids is 1. The lowest BCUT2D eigenvalue weighted by atomic mass is 9.92. The molecule has 122 valence electrons. The second kappa shape index (κ2) is 6.22. The Balaban J connectivity index is 2.40. The number of allylic oxidation sites excluding steroid dienone is 1. The molecule has 0 atom stereocenters. The molecule has 0 fully saturated rings. The van der Waals surface area contributed by atoms with E-state index in [1.54, 1.807) is 58.0 Å². The minimum Gasteiger partial charge on any atom is -0.482 e. The third-order valence-corrected chi connectivity index (χ3v) is 3.73. The van der Waals surface area contributed by atoms with Crippen LogP contribution in [0.25, 0.3) is 0 Å². The summed E-state index contributed by atoms with van der Waals surface area (Å²) in [7, 11) is 0. The van der Waals surface area contributed by atoms with Gasteiger partial charge in [-0.25, -0.2) is 4.79 Å². The van der Waals surface area contributed by atoms with Gasteiger partial charge in [0.25, 0.3) is 0 Å². The number of rotatable bonds is 3. The third-order valence-electron chi connectivity index (χ3n) is 3.73. The van der Waals surface area contributed by atoms with Crippen molar-refractivity contribution in [2.75, 3.05) is 0 Å². The Hall–Kier alpha value is -3.05. The predicted molar refractivity (Wildman–Crippen MR) is 87.4 cm³/mol. The van der Waals surface area contributed by atoms with E-state index in [4.69, 9.17) is 14.7 Å². The van der Waals surface area contributed by atoms with E-state index in [1.807, 2.05) is 6.07 Å². The molecule has 1 aliphatic heterocycles. The smallest absolute Gasteiger partial charge is 0.339 e. The molecular formula is C19H18N2O3. The van der Waals surface area contributed by atoms with Crippen molar-refractivity contribution in [1.82, 2.24) is 0 Å². The summed E-state index contributed by atoms with van der Waals surface area (Å²) >= 11 is 0. The largest absolute Gasteiger partial charge is 0.482 e. The summed E-state index contributed by atoms with van der Waals surface area (Å²) in [5.74, 6) is -0.259. The number of esters is 1. The van der Waals surface area contributed by atoms with Crippen molar-refractivity contribution < 1.29 is 14.3 Å². The van der Waals surface area contributed by atoms with Gasteiger partial charge in [-0.1, -0.05) is 18.2 Å². The average Bonchev–Trinajstić information content (AvgIpc) is 2.80. The standard InChI is InChI=1S/C19H18N2O3/c1-18(2)15(10-11-20)14(12-21)16(23-18)19(3,4)24-17(22)13-8-6-5-7-9-13/h5-10H,1-4H3/b15-10-. The first-order chi connectivity index (χ1) is 11.2. The zero-order valence-corrected chi connectivity index (χ0v) is 14.1. The first-order valence-electron chi connectivity index (χ1n) is 7.46. The van der Waals surface area contributed by atoms with Crippen LogP contribution in [-0.2, 0) is 9.47 Å². The minimum atomic E-state index is -1.15. The van der Waals surface area contributed by atoms with Crippen LogP contribution in [0.2, 0.25) is 0 Å². The molecule has 0 amide bonds. The summed E-state index contributed by atoms with van der Waals surface area (Å²) in [5, 5.41) is 18.5. The van der Waals surface area contributed by atoms with E-state index in [1.165, 1.54) is 6.08 Å². The SMILES string of the molecule is CC(C)(OC(=O)c1ccccc1)C1=C(C#N)/C(=C/C#N)C(C)(C)O1. The first-order valence-corrected chi connectivity index (χ1v) is 7.46. The fourth-order valence-electron chi connectivity index (χ4n) is 2.54. The Labute approximate surface area is 141 Å². The minimum absolute atomic E-state index is 0.229. The van der Waals surface area contributed by atoms with Gasteiger partial charge in [0, 0.05) is 11.6 Å². The van der Waals surface area contributed by atoms with Gasteiger partial charge < -0.3 is 9.47 Å². The summed E-state index contributed by atoms with van der Waals surface area (Å²) in [5.41, 5.74) is -0.874. The van der Waals surface area contributed by atoms with Crippen molar-refractivity contribution in [1.29, 1.82) is 10.5 Å². The highest BCUT2D eigenvalue weighted by Crippen LogP contribution is 2.43. The van der Waals surface area contributed by atoms with Crippen molar-refractivity contribution in [2.24, 2.45) is 0 Å². The summed E-state index contributed by atoms with van der Waals surface area (Å²) < 4.78 is 11.5. The van der Waals surface area contributed by atoms with Crippen LogP contribution in [-0.4, -0.2) is 17.2 Å². The van der Waals surface area contributed by atoms with Gasteiger partial charge in [-0.05, 0) is 39.8 Å². The maximum atomic E-state index is 12.3. The summed E-state index contributed by atoms with van der Waals surface area (Å²) in [4.78, 5) is 12.3. The lowest BCUT2D eigenvalue weighted by molar-refractivity contribution is -0.0294. The second-order valence-corrected chi connectivity index (χ2v) is 6.38. The number of nitrogens with zero attached hydrogens (tertiary/aromatic N) is 2. The maximum absolute atomic E-state index is 12.3. The second-order valence-electron chi connectivity index (χ2n) is 6.38. The number of carbonyl (C=O) groups is 1. The van der Waals surface area contributed by atoms with Crippen LogP contribution in [0.5, 0.6) is 0 Å². The molecule has 5 heteroatoms. The van der Waals surface area contributed by atoms with Crippen LogP contribution in [0.4, 0.5) is 0 Å². The molecule has 0 unspecified atom stereocenters. The van der Waals surface area contributed by atoms with Crippen molar-refractivity contribution in [3.8, 4) is 12.1 Å². The maximum Gasteiger partial charge on any atom is 0.339 e. The highest BCUT2D eigenvalue weighted by molar-refractivity contribution is 5.89. The van der Waals surface area contributed by atoms with Gasteiger partial charge in [-0.2, -0.15) is 10.5 Å². The molecule has 0 bridgehead atoms. The molecule has 1 aromatic carbocycles. The van der Waals surface area contributed by atoms with Crippen LogP contribution in [0.15, 0.2) is 53.3 Å². The number of benzene rings is 1. The van der Waals surface area contributed by atoms with Crippen LogP contribution in [0.1, 0.15) is 38.1 Å². The Morgan fingerprint density at radius 3 is 2.42 bits per heavy atom. The average molecular weight is 322 g/mol. The fourth-order valence-corrected chi connectivity index (χ4v) is 2.54. The topological polar surface area (TPSA) is 83.1 Å². The van der Waals surface area contributed by atoms with E-state index in [0.717, 1.165) is 0 Å². The molecule has 1 heterocycles. The Kier molecular flexibility index (Phi) is 4.48. The van der Waals surface area contributed by atoms with Crippen molar-refractivity contribution >= 4 is 5.97 Å². The first kappa shape index (κ1) is 17.3. The summed E-state index contributed by atoms with van der Waals surface area (Å²) in [6.07, 6.45) is 1.29. The van der Waals surface area contributed by atoms with E-state index in [0.29, 0.717) is 11.1 Å². The molecule has 0 aromatic heterocycles. The molecule has 0 saturated carbocycles. The number of hydrogen-bond donors (Lipinski definition) is 0. The summed E-state index contributed by atoms with van der Waals surface area (Å²) in [6, 6.07) is 12.6. The van der Waals surface area contributed by atoms with Crippen LogP contribution >= 0.6 is 0 Å². The van der Waals surface area contributed by atoms with E-state index in [-0.39, 0.29) is 11.3 Å². The zero-order valence-electron chi connectivity index (χ0n) is 14.1.